The van der Waals surface area contributed by atoms with Crippen LogP contribution in [0.3, 0.4) is 0 Å². The van der Waals surface area contributed by atoms with Crippen LogP contribution in [0.1, 0.15) is 45.0 Å². The first-order chi connectivity index (χ1) is 13.1. The molecule has 0 bridgehead atoms. The molecule has 1 amide bonds. The van der Waals surface area contributed by atoms with Crippen molar-refractivity contribution in [2.45, 2.75) is 58.2 Å². The van der Waals surface area contributed by atoms with Gasteiger partial charge < -0.3 is 9.64 Å². The SMILES string of the molecule is C=CS(=O)(=O)N[C@H]1CCCN(C(=O)OC(C)C)[C@H]1Cc1cccc(C(=C)C)n1. The fraction of sp³-hybridized carbons (Fsp3) is 0.500. The smallest absolute Gasteiger partial charge is 0.410 e. The molecule has 0 saturated carbocycles. The molecular weight excluding hydrogens is 378 g/mol. The molecule has 154 valence electrons. The minimum atomic E-state index is -3.64. The van der Waals surface area contributed by atoms with Gasteiger partial charge in [-0.25, -0.2) is 17.9 Å². The molecule has 28 heavy (non-hydrogen) atoms. The van der Waals surface area contributed by atoms with E-state index in [0.29, 0.717) is 25.8 Å². The van der Waals surface area contributed by atoms with Crippen molar-refractivity contribution in [3.63, 3.8) is 0 Å². The van der Waals surface area contributed by atoms with Gasteiger partial charge in [-0.3, -0.25) is 4.98 Å². The molecule has 2 atom stereocenters. The van der Waals surface area contributed by atoms with E-state index in [1.165, 1.54) is 0 Å². The van der Waals surface area contributed by atoms with Crippen LogP contribution < -0.4 is 4.72 Å². The van der Waals surface area contributed by atoms with Crippen LogP contribution in [0.4, 0.5) is 4.79 Å². The topological polar surface area (TPSA) is 88.6 Å². The summed E-state index contributed by atoms with van der Waals surface area (Å²) in [5.41, 5.74) is 2.37. The van der Waals surface area contributed by atoms with E-state index in [4.69, 9.17) is 4.74 Å². The van der Waals surface area contributed by atoms with Crippen LogP contribution in [-0.2, 0) is 21.2 Å². The van der Waals surface area contributed by atoms with Crippen LogP contribution >= 0.6 is 0 Å². The van der Waals surface area contributed by atoms with E-state index in [1.54, 1.807) is 18.7 Å². The molecule has 1 saturated heterocycles. The summed E-state index contributed by atoms with van der Waals surface area (Å²) in [4.78, 5) is 18.8. The van der Waals surface area contributed by atoms with Crippen molar-refractivity contribution >= 4 is 21.7 Å². The Kier molecular flexibility index (Phi) is 7.37. The van der Waals surface area contributed by atoms with E-state index in [9.17, 15) is 13.2 Å². The molecule has 2 heterocycles. The first-order valence-electron chi connectivity index (χ1n) is 9.36. The van der Waals surface area contributed by atoms with E-state index in [0.717, 1.165) is 22.4 Å². The van der Waals surface area contributed by atoms with Gasteiger partial charge >= 0.3 is 6.09 Å². The summed E-state index contributed by atoms with van der Waals surface area (Å²) in [6, 6.07) is 4.76. The van der Waals surface area contributed by atoms with Gasteiger partial charge in [0, 0.05) is 30.1 Å². The summed E-state index contributed by atoms with van der Waals surface area (Å²) < 4.78 is 32.2. The van der Waals surface area contributed by atoms with Gasteiger partial charge in [0.2, 0.25) is 10.0 Å². The number of rotatable bonds is 7. The van der Waals surface area contributed by atoms with E-state index < -0.39 is 28.2 Å². The number of pyridine rings is 1. The number of carbonyl (C=O) groups excluding carboxylic acids is 1. The molecule has 0 unspecified atom stereocenters. The van der Waals surface area contributed by atoms with Crippen LogP contribution in [0, 0.1) is 0 Å². The predicted molar refractivity (Wildman–Crippen MR) is 110 cm³/mol. The van der Waals surface area contributed by atoms with Gasteiger partial charge in [-0.2, -0.15) is 0 Å². The normalized spacial score (nSPS) is 20.1. The first kappa shape index (κ1) is 22.1. The third kappa shape index (κ3) is 5.90. The Labute approximate surface area is 167 Å². The number of carbonyl (C=O) groups is 1. The number of piperidine rings is 1. The van der Waals surface area contributed by atoms with Gasteiger partial charge in [-0.05, 0) is 51.3 Å². The molecular formula is C20H29N3O4S. The Morgan fingerprint density at radius 1 is 1.46 bits per heavy atom. The fourth-order valence-corrected chi connectivity index (χ4v) is 4.04. The quantitative estimate of drug-likeness (QED) is 0.750. The maximum absolute atomic E-state index is 12.6. The number of likely N-dealkylation sites (tertiary alicyclic amines) is 1. The van der Waals surface area contributed by atoms with Crippen LogP contribution in [0.15, 0.2) is 36.8 Å². The van der Waals surface area contributed by atoms with Gasteiger partial charge in [-0.15, -0.1) is 0 Å². The summed E-state index contributed by atoms with van der Waals surface area (Å²) in [5.74, 6) is 0. The van der Waals surface area contributed by atoms with Crippen molar-refractivity contribution in [1.82, 2.24) is 14.6 Å². The zero-order valence-electron chi connectivity index (χ0n) is 16.7. The maximum Gasteiger partial charge on any atom is 0.410 e. The zero-order chi connectivity index (χ0) is 20.9. The number of amides is 1. The lowest BCUT2D eigenvalue weighted by atomic mass is 9.93. The highest BCUT2D eigenvalue weighted by molar-refractivity contribution is 7.92. The number of sulfonamides is 1. The monoisotopic (exact) mass is 407 g/mol. The maximum atomic E-state index is 12.6. The highest BCUT2D eigenvalue weighted by atomic mass is 32.2. The standard InChI is InChI=1S/C20H29N3O4S/c1-6-28(25,26)22-18-11-8-12-23(20(24)27-15(4)5)19(18)13-16-9-7-10-17(21-16)14(2)3/h6-7,9-10,15,18-19,22H,1-2,8,11-13H2,3-5H3/t18-,19-/m0/s1. The van der Waals surface area contributed by atoms with E-state index in [2.05, 4.69) is 22.9 Å². The molecule has 7 nitrogen and oxygen atoms in total. The van der Waals surface area contributed by atoms with Gasteiger partial charge in [0.25, 0.3) is 0 Å². The average Bonchev–Trinajstić information content (AvgIpc) is 2.62. The van der Waals surface area contributed by atoms with Crippen molar-refractivity contribution in [2.75, 3.05) is 6.54 Å². The zero-order valence-corrected chi connectivity index (χ0v) is 17.5. The lowest BCUT2D eigenvalue weighted by molar-refractivity contribution is 0.0459. The Balaban J connectivity index is 2.34. The van der Waals surface area contributed by atoms with Gasteiger partial charge in [0.15, 0.2) is 0 Å². The second kappa shape index (κ2) is 9.34. The van der Waals surface area contributed by atoms with Crippen molar-refractivity contribution in [2.24, 2.45) is 0 Å². The molecule has 1 aliphatic rings. The molecule has 1 fully saturated rings. The largest absolute Gasteiger partial charge is 0.447 e. The molecule has 1 aliphatic heterocycles. The van der Waals surface area contributed by atoms with Gasteiger partial charge in [-0.1, -0.05) is 19.2 Å². The number of hydrogen-bond acceptors (Lipinski definition) is 5. The van der Waals surface area contributed by atoms with Crippen molar-refractivity contribution < 1.29 is 17.9 Å². The van der Waals surface area contributed by atoms with Crippen molar-refractivity contribution in [3.8, 4) is 0 Å². The molecule has 0 radical (unpaired) electrons. The summed E-state index contributed by atoms with van der Waals surface area (Å²) in [6.45, 7) is 13.2. The van der Waals surface area contributed by atoms with Crippen LogP contribution in [0.2, 0.25) is 0 Å². The first-order valence-corrected chi connectivity index (χ1v) is 10.9. The summed E-state index contributed by atoms with van der Waals surface area (Å²) in [5, 5.41) is 0.884. The highest BCUT2D eigenvalue weighted by Gasteiger charge is 2.37. The molecule has 8 heteroatoms. The van der Waals surface area contributed by atoms with Crippen LogP contribution in [0.5, 0.6) is 0 Å². The number of aromatic nitrogens is 1. The van der Waals surface area contributed by atoms with Gasteiger partial charge in [0.05, 0.1) is 17.8 Å². The number of nitrogens with zero attached hydrogens (tertiary/aromatic N) is 2. The van der Waals surface area contributed by atoms with Crippen LogP contribution in [0.25, 0.3) is 5.57 Å². The second-order valence-electron chi connectivity index (χ2n) is 7.27. The minimum absolute atomic E-state index is 0.261. The predicted octanol–water partition coefficient (Wildman–Crippen LogP) is 3.10. The number of nitrogens with one attached hydrogen (secondary N) is 1. The van der Waals surface area contributed by atoms with Crippen LogP contribution in [-0.4, -0.2) is 49.1 Å². The third-order valence-corrected chi connectivity index (χ3v) is 5.62. The summed E-state index contributed by atoms with van der Waals surface area (Å²) in [7, 11) is -3.64. The average molecular weight is 408 g/mol. The van der Waals surface area contributed by atoms with E-state index in [1.807, 2.05) is 25.1 Å². The highest BCUT2D eigenvalue weighted by Crippen LogP contribution is 2.24. The summed E-state index contributed by atoms with van der Waals surface area (Å²) in [6.07, 6.45) is 0.983. The Morgan fingerprint density at radius 2 is 2.18 bits per heavy atom. The number of allylic oxidation sites excluding steroid dienone is 1. The molecule has 1 aromatic rings. The van der Waals surface area contributed by atoms with Crippen molar-refractivity contribution in [1.29, 1.82) is 0 Å². The Morgan fingerprint density at radius 3 is 2.79 bits per heavy atom. The summed E-state index contributed by atoms with van der Waals surface area (Å²) >= 11 is 0. The molecule has 1 N–H and O–H groups in total. The van der Waals surface area contributed by atoms with Crippen molar-refractivity contribution in [3.05, 3.63) is 48.2 Å². The number of ether oxygens (including phenoxy) is 1. The molecule has 0 spiro atoms. The fourth-order valence-electron chi connectivity index (χ4n) is 3.25. The molecule has 0 aromatic carbocycles. The third-order valence-electron chi connectivity index (χ3n) is 4.55. The Bertz CT molecular complexity index is 836. The second-order valence-corrected chi connectivity index (χ2v) is 8.93. The lowest BCUT2D eigenvalue weighted by Crippen LogP contribution is -2.58. The molecule has 0 aliphatic carbocycles. The van der Waals surface area contributed by atoms with Gasteiger partial charge in [0.1, 0.15) is 0 Å². The molecule has 1 aromatic heterocycles. The minimum Gasteiger partial charge on any atom is -0.447 e. The van der Waals surface area contributed by atoms with E-state index in [-0.39, 0.29) is 6.10 Å². The number of hydrogen-bond donors (Lipinski definition) is 1. The molecule has 2 rings (SSSR count). The Hall–Kier alpha value is -2.19. The lowest BCUT2D eigenvalue weighted by Gasteiger charge is -2.40. The van der Waals surface area contributed by atoms with E-state index >= 15 is 0 Å².